The second-order valence-electron chi connectivity index (χ2n) is 3.67. The molecular weight excluding hydrogens is 268 g/mol. The van der Waals surface area contributed by atoms with Gasteiger partial charge in [0.1, 0.15) is 4.90 Å². The number of terminal acetylenes is 1. The average Bonchev–Trinajstić information content (AvgIpc) is 2.35. The van der Waals surface area contributed by atoms with Crippen LogP contribution < -0.4 is 5.32 Å². The number of thioether (sulfide) groups is 1. The third-order valence-electron chi connectivity index (χ3n) is 2.47. The van der Waals surface area contributed by atoms with Crippen molar-refractivity contribution >= 4 is 32.6 Å². The first kappa shape index (κ1) is 13.0. The summed E-state index contributed by atoms with van der Waals surface area (Å²) in [7, 11) is -3.62. The van der Waals surface area contributed by atoms with Gasteiger partial charge in [0, 0.05) is 0 Å². The number of rotatable bonds is 2. The van der Waals surface area contributed by atoms with E-state index in [4.69, 9.17) is 6.42 Å². The van der Waals surface area contributed by atoms with Gasteiger partial charge in [0.15, 0.2) is 5.17 Å². The number of benzene rings is 1. The van der Waals surface area contributed by atoms with E-state index in [0.717, 1.165) is 12.0 Å². The zero-order valence-corrected chi connectivity index (χ0v) is 11.4. The summed E-state index contributed by atoms with van der Waals surface area (Å²) in [4.78, 5) is 0.229. The quantitative estimate of drug-likeness (QED) is 0.843. The Hall–Kier alpha value is -1.45. The zero-order chi connectivity index (χ0) is 13.2. The molecule has 0 radical (unpaired) electrons. The van der Waals surface area contributed by atoms with E-state index in [0.29, 0.717) is 16.6 Å². The summed E-state index contributed by atoms with van der Waals surface area (Å²) in [5.74, 6) is 2.81. The van der Waals surface area contributed by atoms with Crippen LogP contribution in [0.1, 0.15) is 12.5 Å². The molecular formula is C12H12N2O2S2. The molecule has 0 aliphatic carbocycles. The average molecular weight is 280 g/mol. The van der Waals surface area contributed by atoms with Crippen LogP contribution in [0, 0.1) is 12.3 Å². The smallest absolute Gasteiger partial charge is 0.286 e. The Balaban J connectivity index is 2.42. The number of anilines is 1. The van der Waals surface area contributed by atoms with Crippen molar-refractivity contribution in [2.24, 2.45) is 4.40 Å². The van der Waals surface area contributed by atoms with Crippen molar-refractivity contribution in [3.05, 3.63) is 23.8 Å². The van der Waals surface area contributed by atoms with Crippen LogP contribution >= 0.6 is 11.8 Å². The van der Waals surface area contributed by atoms with E-state index in [-0.39, 0.29) is 4.90 Å². The van der Waals surface area contributed by atoms with E-state index in [2.05, 4.69) is 15.6 Å². The Morgan fingerprint density at radius 1 is 1.50 bits per heavy atom. The summed E-state index contributed by atoms with van der Waals surface area (Å²) in [6.07, 6.45) is 5.93. The molecule has 1 aliphatic heterocycles. The van der Waals surface area contributed by atoms with Crippen molar-refractivity contribution in [3.63, 3.8) is 0 Å². The molecule has 0 aromatic heterocycles. The first-order valence-electron chi connectivity index (χ1n) is 5.38. The van der Waals surface area contributed by atoms with Crippen LogP contribution in [0.25, 0.3) is 0 Å². The number of aryl methyl sites for hydroxylation is 1. The zero-order valence-electron chi connectivity index (χ0n) is 9.80. The number of nitrogens with one attached hydrogen (secondary N) is 1. The van der Waals surface area contributed by atoms with Gasteiger partial charge in [-0.05, 0) is 24.1 Å². The van der Waals surface area contributed by atoms with Gasteiger partial charge in [0.25, 0.3) is 10.0 Å². The highest BCUT2D eigenvalue weighted by Crippen LogP contribution is 2.30. The van der Waals surface area contributed by atoms with Crippen LogP contribution in [0.15, 0.2) is 27.5 Å². The molecule has 4 nitrogen and oxygen atoms in total. The van der Waals surface area contributed by atoms with Crippen LogP contribution in [0.2, 0.25) is 0 Å². The molecule has 0 spiro atoms. The lowest BCUT2D eigenvalue weighted by Crippen LogP contribution is -2.19. The molecule has 1 heterocycles. The van der Waals surface area contributed by atoms with Crippen molar-refractivity contribution in [1.82, 2.24) is 0 Å². The summed E-state index contributed by atoms with van der Waals surface area (Å²) < 4.78 is 27.8. The minimum Gasteiger partial charge on any atom is -0.333 e. The normalized spacial score (nSPS) is 16.1. The van der Waals surface area contributed by atoms with Gasteiger partial charge in [-0.1, -0.05) is 30.7 Å². The molecule has 2 rings (SSSR count). The molecule has 6 heteroatoms. The molecule has 1 N–H and O–H groups in total. The maximum atomic E-state index is 12.0. The summed E-state index contributed by atoms with van der Waals surface area (Å²) in [6, 6.07) is 5.32. The van der Waals surface area contributed by atoms with Gasteiger partial charge in [-0.15, -0.1) is 10.8 Å². The first-order chi connectivity index (χ1) is 8.56. The largest absolute Gasteiger partial charge is 0.333 e. The summed E-state index contributed by atoms with van der Waals surface area (Å²) in [5.41, 5.74) is 1.52. The Labute approximate surface area is 111 Å². The second-order valence-corrected chi connectivity index (χ2v) is 6.21. The SMILES string of the molecule is C#CCSC1=NS(=O)(=O)c2cc(CC)ccc2N1. The summed E-state index contributed by atoms with van der Waals surface area (Å²) in [5, 5.41) is 3.30. The van der Waals surface area contributed by atoms with E-state index in [1.807, 2.05) is 13.0 Å². The molecule has 0 bridgehead atoms. The van der Waals surface area contributed by atoms with Gasteiger partial charge in [-0.25, -0.2) is 0 Å². The van der Waals surface area contributed by atoms with E-state index >= 15 is 0 Å². The molecule has 94 valence electrons. The number of hydrogen-bond acceptors (Lipinski definition) is 4. The van der Waals surface area contributed by atoms with E-state index in [1.165, 1.54) is 11.8 Å². The molecule has 0 atom stereocenters. The predicted molar refractivity (Wildman–Crippen MR) is 75.4 cm³/mol. The second kappa shape index (κ2) is 5.04. The van der Waals surface area contributed by atoms with Crippen molar-refractivity contribution in [3.8, 4) is 12.3 Å². The Bertz CT molecular complexity index is 643. The van der Waals surface area contributed by atoms with Crippen molar-refractivity contribution in [2.45, 2.75) is 18.2 Å². The molecule has 0 amide bonds. The lowest BCUT2D eigenvalue weighted by molar-refractivity contribution is 0.598. The fraction of sp³-hybridized carbons (Fsp3) is 0.250. The standard InChI is InChI=1S/C12H12N2O2S2/c1-3-7-17-12-13-10-6-5-9(4-2)8-11(10)18(15,16)14-12/h1,5-6,8H,4,7H2,2H3,(H,13,14). The van der Waals surface area contributed by atoms with Crippen LogP contribution in [-0.4, -0.2) is 19.3 Å². The van der Waals surface area contributed by atoms with Gasteiger partial charge in [0.05, 0.1) is 11.4 Å². The van der Waals surface area contributed by atoms with Crippen molar-refractivity contribution in [1.29, 1.82) is 0 Å². The Morgan fingerprint density at radius 2 is 2.28 bits per heavy atom. The van der Waals surface area contributed by atoms with Crippen LogP contribution in [0.3, 0.4) is 0 Å². The number of sulfonamides is 1. The molecule has 0 saturated carbocycles. The van der Waals surface area contributed by atoms with Crippen molar-refractivity contribution in [2.75, 3.05) is 11.1 Å². The molecule has 0 saturated heterocycles. The highest BCUT2D eigenvalue weighted by molar-refractivity contribution is 8.15. The van der Waals surface area contributed by atoms with Gasteiger partial charge in [-0.3, -0.25) is 0 Å². The predicted octanol–water partition coefficient (Wildman–Crippen LogP) is 2.09. The lowest BCUT2D eigenvalue weighted by Gasteiger charge is -2.17. The van der Waals surface area contributed by atoms with Gasteiger partial charge < -0.3 is 5.32 Å². The highest BCUT2D eigenvalue weighted by atomic mass is 32.2. The summed E-state index contributed by atoms with van der Waals surface area (Å²) in [6.45, 7) is 1.97. The van der Waals surface area contributed by atoms with E-state index in [1.54, 1.807) is 12.1 Å². The van der Waals surface area contributed by atoms with Gasteiger partial charge in [-0.2, -0.15) is 8.42 Å². The van der Waals surface area contributed by atoms with Crippen LogP contribution in [-0.2, 0) is 16.4 Å². The third kappa shape index (κ3) is 2.52. The van der Waals surface area contributed by atoms with E-state index in [9.17, 15) is 8.42 Å². The lowest BCUT2D eigenvalue weighted by atomic mass is 10.1. The number of amidine groups is 1. The maximum absolute atomic E-state index is 12.0. The number of hydrogen-bond donors (Lipinski definition) is 1. The summed E-state index contributed by atoms with van der Waals surface area (Å²) >= 11 is 1.20. The maximum Gasteiger partial charge on any atom is 0.286 e. The molecule has 1 aliphatic rings. The number of fused-ring (bicyclic) bond motifs is 1. The Kier molecular flexibility index (Phi) is 3.64. The molecule has 18 heavy (non-hydrogen) atoms. The topological polar surface area (TPSA) is 58.5 Å². The molecule has 1 aromatic carbocycles. The minimum absolute atomic E-state index is 0.229. The monoisotopic (exact) mass is 280 g/mol. The van der Waals surface area contributed by atoms with Gasteiger partial charge >= 0.3 is 0 Å². The molecule has 1 aromatic rings. The fourth-order valence-electron chi connectivity index (χ4n) is 1.57. The number of nitrogens with zero attached hydrogens (tertiary/aromatic N) is 1. The van der Waals surface area contributed by atoms with Crippen LogP contribution in [0.4, 0.5) is 5.69 Å². The molecule has 0 fully saturated rings. The van der Waals surface area contributed by atoms with E-state index < -0.39 is 10.0 Å². The molecule has 0 unspecified atom stereocenters. The third-order valence-corrected chi connectivity index (χ3v) is 4.68. The minimum atomic E-state index is -3.62. The van der Waals surface area contributed by atoms with Gasteiger partial charge in [0.2, 0.25) is 0 Å². The fourth-order valence-corrected chi connectivity index (χ4v) is 3.54. The van der Waals surface area contributed by atoms with Crippen molar-refractivity contribution < 1.29 is 8.42 Å². The first-order valence-corrected chi connectivity index (χ1v) is 7.80. The van der Waals surface area contributed by atoms with Crippen LogP contribution in [0.5, 0.6) is 0 Å². The Morgan fingerprint density at radius 3 is 2.94 bits per heavy atom. The highest BCUT2D eigenvalue weighted by Gasteiger charge is 2.25.